The van der Waals surface area contributed by atoms with E-state index in [-0.39, 0.29) is 5.69 Å². The van der Waals surface area contributed by atoms with Crippen molar-refractivity contribution in [3.05, 3.63) is 42.2 Å². The maximum atomic E-state index is 11.3. The summed E-state index contributed by atoms with van der Waals surface area (Å²) in [5.41, 5.74) is 0.161. The molecular weight excluding hydrogens is 182 g/mol. The Morgan fingerprint density at radius 2 is 2.07 bits per heavy atom. The van der Waals surface area contributed by atoms with Gasteiger partial charge in [-0.2, -0.15) is 10.3 Å². The number of aromatic nitrogens is 3. The van der Waals surface area contributed by atoms with E-state index in [1.54, 1.807) is 24.3 Å². The molecule has 2 aromatic rings. The van der Waals surface area contributed by atoms with Crippen LogP contribution in [-0.2, 0) is 0 Å². The smallest absolute Gasteiger partial charge is 0.365 e. The van der Waals surface area contributed by atoms with Crippen LogP contribution < -0.4 is 4.74 Å². The zero-order valence-corrected chi connectivity index (χ0v) is 7.18. The SMILES string of the molecule is O=C(Oc1ccccc1)c1cn[nH]n1. The van der Waals surface area contributed by atoms with Crippen molar-refractivity contribution in [3.63, 3.8) is 0 Å². The molecule has 0 aliphatic rings. The number of hydrogen-bond donors (Lipinski definition) is 1. The number of esters is 1. The van der Waals surface area contributed by atoms with Crippen LogP contribution in [0.4, 0.5) is 0 Å². The Kier molecular flexibility index (Phi) is 2.22. The summed E-state index contributed by atoms with van der Waals surface area (Å²) in [4.78, 5) is 11.3. The molecule has 0 radical (unpaired) electrons. The van der Waals surface area contributed by atoms with Crippen LogP contribution in [0.2, 0.25) is 0 Å². The minimum absolute atomic E-state index is 0.161. The molecular formula is C9H7N3O2. The Balaban J connectivity index is 2.10. The molecule has 0 saturated carbocycles. The maximum absolute atomic E-state index is 11.3. The summed E-state index contributed by atoms with van der Waals surface area (Å²) < 4.78 is 5.00. The van der Waals surface area contributed by atoms with Gasteiger partial charge < -0.3 is 4.74 Å². The summed E-state index contributed by atoms with van der Waals surface area (Å²) in [5.74, 6) is -0.0366. The highest BCUT2D eigenvalue weighted by molar-refractivity contribution is 5.88. The van der Waals surface area contributed by atoms with Crippen LogP contribution in [0.1, 0.15) is 10.5 Å². The molecule has 0 atom stereocenters. The van der Waals surface area contributed by atoms with Crippen LogP contribution in [0, 0.1) is 0 Å². The zero-order valence-electron chi connectivity index (χ0n) is 7.18. The third kappa shape index (κ3) is 1.77. The number of para-hydroxylation sites is 1. The van der Waals surface area contributed by atoms with Crippen LogP contribution >= 0.6 is 0 Å². The van der Waals surface area contributed by atoms with Gasteiger partial charge in [0.1, 0.15) is 5.75 Å². The number of benzene rings is 1. The molecule has 0 aliphatic carbocycles. The first-order valence-electron chi connectivity index (χ1n) is 3.99. The fraction of sp³-hybridized carbons (Fsp3) is 0. The molecule has 1 aromatic carbocycles. The zero-order chi connectivity index (χ0) is 9.80. The van der Waals surface area contributed by atoms with Gasteiger partial charge in [0.25, 0.3) is 0 Å². The monoisotopic (exact) mass is 189 g/mol. The van der Waals surface area contributed by atoms with Gasteiger partial charge in [0.15, 0.2) is 5.69 Å². The standard InChI is InChI=1S/C9H7N3O2/c13-9(8-6-10-12-11-8)14-7-4-2-1-3-5-7/h1-6H,(H,10,11,12). The van der Waals surface area contributed by atoms with Crippen molar-refractivity contribution in [2.75, 3.05) is 0 Å². The second-order valence-corrected chi connectivity index (χ2v) is 2.56. The predicted molar refractivity (Wildman–Crippen MR) is 47.8 cm³/mol. The second kappa shape index (κ2) is 3.69. The molecule has 0 fully saturated rings. The molecule has 0 saturated heterocycles. The number of nitrogens with one attached hydrogen (secondary N) is 1. The number of carbonyl (C=O) groups excluding carboxylic acids is 1. The van der Waals surface area contributed by atoms with E-state index in [1.165, 1.54) is 6.20 Å². The van der Waals surface area contributed by atoms with Crippen LogP contribution in [0.25, 0.3) is 0 Å². The molecule has 1 aromatic heterocycles. The van der Waals surface area contributed by atoms with Crippen molar-refractivity contribution >= 4 is 5.97 Å². The topological polar surface area (TPSA) is 67.9 Å². The Morgan fingerprint density at radius 3 is 2.71 bits per heavy atom. The molecule has 5 heteroatoms. The second-order valence-electron chi connectivity index (χ2n) is 2.56. The normalized spacial score (nSPS) is 9.71. The number of carbonyl (C=O) groups is 1. The van der Waals surface area contributed by atoms with Crippen molar-refractivity contribution in [1.82, 2.24) is 15.4 Å². The van der Waals surface area contributed by atoms with E-state index in [0.29, 0.717) is 5.75 Å². The first kappa shape index (κ1) is 8.43. The van der Waals surface area contributed by atoms with Crippen molar-refractivity contribution in [3.8, 4) is 5.75 Å². The fourth-order valence-electron chi connectivity index (χ4n) is 0.948. The van der Waals surface area contributed by atoms with Crippen molar-refractivity contribution in [1.29, 1.82) is 0 Å². The molecule has 1 heterocycles. The van der Waals surface area contributed by atoms with Crippen molar-refractivity contribution < 1.29 is 9.53 Å². The van der Waals surface area contributed by atoms with Crippen LogP contribution in [0.5, 0.6) is 5.75 Å². The van der Waals surface area contributed by atoms with Gasteiger partial charge in [-0.15, -0.1) is 5.10 Å². The Labute approximate surface area is 79.7 Å². The molecule has 0 unspecified atom stereocenters. The predicted octanol–water partition coefficient (Wildman–Crippen LogP) is 1.02. The summed E-state index contributed by atoms with van der Waals surface area (Å²) in [7, 11) is 0. The molecule has 2 rings (SSSR count). The van der Waals surface area contributed by atoms with Gasteiger partial charge in [0.2, 0.25) is 0 Å². The Morgan fingerprint density at radius 1 is 1.29 bits per heavy atom. The first-order valence-corrected chi connectivity index (χ1v) is 3.99. The van der Waals surface area contributed by atoms with Gasteiger partial charge in [-0.1, -0.05) is 18.2 Å². The molecule has 0 spiro atoms. The van der Waals surface area contributed by atoms with Crippen molar-refractivity contribution in [2.45, 2.75) is 0 Å². The van der Waals surface area contributed by atoms with Gasteiger partial charge in [0, 0.05) is 0 Å². The van der Waals surface area contributed by atoms with E-state index >= 15 is 0 Å². The van der Waals surface area contributed by atoms with Gasteiger partial charge in [0.05, 0.1) is 6.20 Å². The lowest BCUT2D eigenvalue weighted by Gasteiger charge is -1.99. The van der Waals surface area contributed by atoms with E-state index < -0.39 is 5.97 Å². The van der Waals surface area contributed by atoms with E-state index in [1.807, 2.05) is 6.07 Å². The first-order chi connectivity index (χ1) is 6.86. The third-order valence-corrected chi connectivity index (χ3v) is 1.58. The Hall–Kier alpha value is -2.17. The summed E-state index contributed by atoms with van der Waals surface area (Å²) >= 11 is 0. The average molecular weight is 189 g/mol. The highest BCUT2D eigenvalue weighted by Crippen LogP contribution is 2.09. The van der Waals surface area contributed by atoms with E-state index in [0.717, 1.165) is 0 Å². The molecule has 0 aliphatic heterocycles. The molecule has 0 bridgehead atoms. The number of nitrogens with zero attached hydrogens (tertiary/aromatic N) is 2. The number of ether oxygens (including phenoxy) is 1. The molecule has 1 N–H and O–H groups in total. The molecule has 14 heavy (non-hydrogen) atoms. The van der Waals surface area contributed by atoms with Crippen LogP contribution in [-0.4, -0.2) is 21.4 Å². The minimum Gasteiger partial charge on any atom is -0.422 e. The van der Waals surface area contributed by atoms with Gasteiger partial charge in [-0.3, -0.25) is 0 Å². The summed E-state index contributed by atoms with van der Waals surface area (Å²) in [6, 6.07) is 8.79. The average Bonchev–Trinajstić information content (AvgIpc) is 2.72. The van der Waals surface area contributed by atoms with Crippen LogP contribution in [0.15, 0.2) is 36.5 Å². The van der Waals surface area contributed by atoms with Gasteiger partial charge in [-0.05, 0) is 12.1 Å². The lowest BCUT2D eigenvalue weighted by Crippen LogP contribution is -2.08. The molecule has 5 nitrogen and oxygen atoms in total. The third-order valence-electron chi connectivity index (χ3n) is 1.58. The summed E-state index contributed by atoms with van der Waals surface area (Å²) in [6.45, 7) is 0. The highest BCUT2D eigenvalue weighted by atomic mass is 16.5. The van der Waals surface area contributed by atoms with Gasteiger partial charge >= 0.3 is 5.97 Å². The highest BCUT2D eigenvalue weighted by Gasteiger charge is 2.10. The summed E-state index contributed by atoms with van der Waals surface area (Å²) in [5, 5.41) is 9.45. The largest absolute Gasteiger partial charge is 0.422 e. The van der Waals surface area contributed by atoms with Crippen molar-refractivity contribution in [2.24, 2.45) is 0 Å². The summed E-state index contributed by atoms with van der Waals surface area (Å²) in [6.07, 6.45) is 1.31. The lowest BCUT2D eigenvalue weighted by atomic mass is 10.3. The van der Waals surface area contributed by atoms with Gasteiger partial charge in [-0.25, -0.2) is 4.79 Å². The fourth-order valence-corrected chi connectivity index (χ4v) is 0.948. The van der Waals surface area contributed by atoms with E-state index in [2.05, 4.69) is 15.4 Å². The molecule has 0 amide bonds. The number of hydrogen-bond acceptors (Lipinski definition) is 4. The number of H-pyrrole nitrogens is 1. The van der Waals surface area contributed by atoms with E-state index in [9.17, 15) is 4.79 Å². The number of aromatic amines is 1. The quantitative estimate of drug-likeness (QED) is 0.565. The number of rotatable bonds is 2. The minimum atomic E-state index is -0.523. The lowest BCUT2D eigenvalue weighted by molar-refractivity contribution is 0.0728. The van der Waals surface area contributed by atoms with E-state index in [4.69, 9.17) is 4.74 Å². The molecule has 70 valence electrons. The van der Waals surface area contributed by atoms with Crippen LogP contribution in [0.3, 0.4) is 0 Å². The maximum Gasteiger partial charge on any atom is 0.365 e. The Bertz CT molecular complexity index is 411.